The van der Waals surface area contributed by atoms with E-state index in [4.69, 9.17) is 4.42 Å². The van der Waals surface area contributed by atoms with E-state index in [1.165, 1.54) is 24.5 Å². The zero-order valence-corrected chi connectivity index (χ0v) is 10.8. The normalized spacial score (nSPS) is 10.1. The van der Waals surface area contributed by atoms with Gasteiger partial charge in [-0.05, 0) is 36.8 Å². The van der Waals surface area contributed by atoms with E-state index in [0.29, 0.717) is 0 Å². The van der Waals surface area contributed by atoms with E-state index < -0.39 is 17.6 Å². The molecule has 20 heavy (non-hydrogen) atoms. The van der Waals surface area contributed by atoms with Crippen molar-refractivity contribution in [2.75, 3.05) is 11.9 Å². The van der Waals surface area contributed by atoms with Crippen LogP contribution >= 0.6 is 0 Å². The number of halogens is 1. The Morgan fingerprint density at radius 3 is 2.75 bits per heavy atom. The van der Waals surface area contributed by atoms with Crippen molar-refractivity contribution in [1.82, 2.24) is 5.32 Å². The Kier molecular flexibility index (Phi) is 4.14. The average molecular weight is 276 g/mol. The van der Waals surface area contributed by atoms with E-state index in [0.717, 1.165) is 5.56 Å². The van der Waals surface area contributed by atoms with Gasteiger partial charge in [0.25, 0.3) is 5.91 Å². The number of aryl methyl sites for hydroxylation is 1. The van der Waals surface area contributed by atoms with Gasteiger partial charge in [-0.25, -0.2) is 4.39 Å². The molecule has 0 radical (unpaired) electrons. The van der Waals surface area contributed by atoms with Crippen molar-refractivity contribution < 1.29 is 18.4 Å². The first kappa shape index (κ1) is 13.8. The second-order valence-electron chi connectivity index (χ2n) is 4.19. The molecule has 6 heteroatoms. The molecular formula is C14H13FN2O3. The summed E-state index contributed by atoms with van der Waals surface area (Å²) in [5.41, 5.74) is 0.833. The lowest BCUT2D eigenvalue weighted by molar-refractivity contribution is -0.115. The third kappa shape index (κ3) is 3.44. The molecule has 2 amide bonds. The number of benzene rings is 1. The smallest absolute Gasteiger partial charge is 0.287 e. The molecule has 2 aromatic rings. The zero-order chi connectivity index (χ0) is 14.5. The molecule has 0 unspecified atom stereocenters. The summed E-state index contributed by atoms with van der Waals surface area (Å²) in [6.45, 7) is 1.48. The number of carbonyl (C=O) groups is 2. The molecule has 104 valence electrons. The minimum atomic E-state index is -0.521. The summed E-state index contributed by atoms with van der Waals surface area (Å²) < 4.78 is 18.4. The molecule has 2 N–H and O–H groups in total. The first-order valence-corrected chi connectivity index (χ1v) is 5.94. The van der Waals surface area contributed by atoms with E-state index >= 15 is 0 Å². The molecule has 1 heterocycles. The van der Waals surface area contributed by atoms with Crippen LogP contribution in [0.3, 0.4) is 0 Å². The monoisotopic (exact) mass is 276 g/mol. The van der Waals surface area contributed by atoms with Gasteiger partial charge < -0.3 is 15.1 Å². The summed E-state index contributed by atoms with van der Waals surface area (Å²) in [6.07, 6.45) is 1.36. The van der Waals surface area contributed by atoms with E-state index in [-0.39, 0.29) is 18.0 Å². The van der Waals surface area contributed by atoms with Crippen molar-refractivity contribution in [1.29, 1.82) is 0 Å². The molecule has 5 nitrogen and oxygen atoms in total. The van der Waals surface area contributed by atoms with Crippen LogP contribution in [0.15, 0.2) is 41.0 Å². The molecule has 0 saturated heterocycles. The largest absolute Gasteiger partial charge is 0.459 e. The molecule has 0 fully saturated rings. The second kappa shape index (κ2) is 6.01. The minimum Gasteiger partial charge on any atom is -0.459 e. The van der Waals surface area contributed by atoms with Crippen LogP contribution in [0.4, 0.5) is 10.1 Å². The number of carbonyl (C=O) groups excluding carboxylic acids is 2. The van der Waals surface area contributed by atoms with Gasteiger partial charge in [0.1, 0.15) is 5.82 Å². The maximum absolute atomic E-state index is 13.5. The van der Waals surface area contributed by atoms with Crippen molar-refractivity contribution >= 4 is 17.5 Å². The molecule has 0 aliphatic carbocycles. The summed E-state index contributed by atoms with van der Waals surface area (Å²) in [7, 11) is 0. The Hall–Kier alpha value is -2.63. The van der Waals surface area contributed by atoms with Crippen LogP contribution < -0.4 is 10.6 Å². The molecule has 0 spiro atoms. The molecule has 1 aromatic heterocycles. The Morgan fingerprint density at radius 2 is 2.10 bits per heavy atom. The highest BCUT2D eigenvalue weighted by Gasteiger charge is 2.11. The van der Waals surface area contributed by atoms with Gasteiger partial charge in [0.15, 0.2) is 5.76 Å². The molecule has 0 aliphatic heterocycles. The standard InChI is InChI=1S/C14H13FN2O3/c1-9-4-5-11(10(15)7-9)17-13(18)8-16-14(19)12-3-2-6-20-12/h2-7H,8H2,1H3,(H,16,19)(H,17,18). The number of amides is 2. The molecule has 1 aromatic carbocycles. The van der Waals surface area contributed by atoms with Crippen molar-refractivity contribution in [2.24, 2.45) is 0 Å². The van der Waals surface area contributed by atoms with Crippen molar-refractivity contribution in [3.63, 3.8) is 0 Å². The fourth-order valence-corrected chi connectivity index (χ4v) is 1.57. The Balaban J connectivity index is 1.88. The van der Waals surface area contributed by atoms with Gasteiger partial charge in [-0.1, -0.05) is 6.07 Å². The third-order valence-electron chi connectivity index (χ3n) is 2.55. The predicted molar refractivity (Wildman–Crippen MR) is 70.8 cm³/mol. The van der Waals surface area contributed by atoms with Crippen molar-refractivity contribution in [3.8, 4) is 0 Å². The van der Waals surface area contributed by atoms with Crippen molar-refractivity contribution in [2.45, 2.75) is 6.92 Å². The number of furan rings is 1. The maximum Gasteiger partial charge on any atom is 0.287 e. The minimum absolute atomic E-state index is 0.0767. The van der Waals surface area contributed by atoms with Gasteiger partial charge >= 0.3 is 0 Å². The fraction of sp³-hybridized carbons (Fsp3) is 0.143. The summed E-state index contributed by atoms with van der Waals surface area (Å²) in [4.78, 5) is 23.1. The average Bonchev–Trinajstić information content (AvgIpc) is 2.93. The van der Waals surface area contributed by atoms with Gasteiger partial charge in [0, 0.05) is 0 Å². The fourth-order valence-electron chi connectivity index (χ4n) is 1.57. The first-order valence-electron chi connectivity index (χ1n) is 5.94. The highest BCUT2D eigenvalue weighted by Crippen LogP contribution is 2.14. The van der Waals surface area contributed by atoms with Gasteiger partial charge in [-0.3, -0.25) is 9.59 Å². The predicted octanol–water partition coefficient (Wildman–Crippen LogP) is 2.10. The summed E-state index contributed by atoms with van der Waals surface area (Å²) >= 11 is 0. The van der Waals surface area contributed by atoms with Gasteiger partial charge in [-0.2, -0.15) is 0 Å². The first-order chi connectivity index (χ1) is 9.56. The zero-order valence-electron chi connectivity index (χ0n) is 10.8. The quantitative estimate of drug-likeness (QED) is 0.898. The summed E-state index contributed by atoms with van der Waals surface area (Å²) in [5, 5.41) is 4.75. The van der Waals surface area contributed by atoms with E-state index in [2.05, 4.69) is 10.6 Å². The maximum atomic E-state index is 13.5. The third-order valence-corrected chi connectivity index (χ3v) is 2.55. The molecule has 2 rings (SSSR count). The number of rotatable bonds is 4. The van der Waals surface area contributed by atoms with Crippen LogP contribution in [0.1, 0.15) is 16.1 Å². The van der Waals surface area contributed by atoms with Crippen molar-refractivity contribution in [3.05, 3.63) is 53.7 Å². The van der Waals surface area contributed by atoms with Crippen LogP contribution in [0.2, 0.25) is 0 Å². The van der Waals surface area contributed by atoms with Gasteiger partial charge in [-0.15, -0.1) is 0 Å². The lowest BCUT2D eigenvalue weighted by Gasteiger charge is -2.07. The van der Waals surface area contributed by atoms with Crippen LogP contribution in [0.5, 0.6) is 0 Å². The van der Waals surface area contributed by atoms with E-state index in [9.17, 15) is 14.0 Å². The Labute approximate surface area is 114 Å². The number of nitrogens with one attached hydrogen (secondary N) is 2. The SMILES string of the molecule is Cc1ccc(NC(=O)CNC(=O)c2ccco2)c(F)c1. The lowest BCUT2D eigenvalue weighted by atomic mass is 10.2. The Morgan fingerprint density at radius 1 is 1.30 bits per heavy atom. The molecule has 0 aliphatic rings. The highest BCUT2D eigenvalue weighted by atomic mass is 19.1. The highest BCUT2D eigenvalue weighted by molar-refractivity contribution is 5.98. The lowest BCUT2D eigenvalue weighted by Crippen LogP contribution is -2.32. The number of hydrogen-bond acceptors (Lipinski definition) is 3. The van der Waals surface area contributed by atoms with Gasteiger partial charge in [0.05, 0.1) is 18.5 Å². The summed E-state index contributed by atoms with van der Waals surface area (Å²) in [6, 6.07) is 7.51. The van der Waals surface area contributed by atoms with Crippen LogP contribution in [-0.2, 0) is 4.79 Å². The van der Waals surface area contributed by atoms with Crippen LogP contribution in [-0.4, -0.2) is 18.4 Å². The number of hydrogen-bond donors (Lipinski definition) is 2. The second-order valence-corrected chi connectivity index (χ2v) is 4.19. The molecule has 0 saturated carbocycles. The molecule has 0 atom stereocenters. The molecule has 0 bridgehead atoms. The van der Waals surface area contributed by atoms with Crippen LogP contribution in [0, 0.1) is 12.7 Å². The Bertz CT molecular complexity index is 623. The van der Waals surface area contributed by atoms with Crippen LogP contribution in [0.25, 0.3) is 0 Å². The number of anilines is 1. The van der Waals surface area contributed by atoms with E-state index in [1.807, 2.05) is 0 Å². The topological polar surface area (TPSA) is 71.3 Å². The van der Waals surface area contributed by atoms with E-state index in [1.54, 1.807) is 19.1 Å². The molecular weight excluding hydrogens is 263 g/mol. The van der Waals surface area contributed by atoms with Gasteiger partial charge in [0.2, 0.25) is 5.91 Å². The summed E-state index contributed by atoms with van der Waals surface area (Å²) in [5.74, 6) is -1.43.